The lowest BCUT2D eigenvalue weighted by atomic mass is 9.97. The summed E-state index contributed by atoms with van der Waals surface area (Å²) < 4.78 is 6.98. The van der Waals surface area contributed by atoms with Crippen molar-refractivity contribution >= 4 is 39.2 Å². The summed E-state index contributed by atoms with van der Waals surface area (Å²) in [6.45, 7) is 3.55. The number of methoxy groups -OCH3 is 1. The molecule has 0 N–H and O–H groups in total. The van der Waals surface area contributed by atoms with Crippen LogP contribution in [0.25, 0.3) is 15.9 Å². The number of hydrogen-bond acceptors (Lipinski definition) is 6. The molecule has 32 heavy (non-hydrogen) atoms. The molecule has 1 atom stereocenters. The molecule has 3 heterocycles. The number of amides is 1. The van der Waals surface area contributed by atoms with Crippen molar-refractivity contribution in [2.24, 2.45) is 0 Å². The number of aromatic nitrogens is 2. The number of ether oxygens (including phenoxy) is 1. The Morgan fingerprint density at radius 2 is 1.84 bits per heavy atom. The third-order valence-electron chi connectivity index (χ3n) is 6.34. The summed E-state index contributed by atoms with van der Waals surface area (Å²) in [5, 5.41) is 1.02. The standard InChI is InChI=1S/C24H27N3O3S2/c1-15(22(28)26-13-5-6-14-26)31-24-25-21-20(18-7-3-4-8-19(18)32-21)23(29)27(24)16-9-11-17(30-2)12-10-16/h9-12,15H,3-8,13-14H2,1-2H3. The second-order valence-electron chi connectivity index (χ2n) is 8.42. The molecule has 2 aliphatic rings. The van der Waals surface area contributed by atoms with Gasteiger partial charge < -0.3 is 9.64 Å². The monoisotopic (exact) mass is 469 g/mol. The van der Waals surface area contributed by atoms with Gasteiger partial charge in [-0.1, -0.05) is 11.8 Å². The fourth-order valence-electron chi connectivity index (χ4n) is 4.63. The molecule has 8 heteroatoms. The number of likely N-dealkylation sites (tertiary alicyclic amines) is 1. The number of benzene rings is 1. The first-order valence-corrected chi connectivity index (χ1v) is 12.9. The van der Waals surface area contributed by atoms with Crippen molar-refractivity contribution in [3.8, 4) is 11.4 Å². The molecule has 0 saturated carbocycles. The van der Waals surface area contributed by atoms with Crippen LogP contribution in [0.15, 0.2) is 34.2 Å². The van der Waals surface area contributed by atoms with Gasteiger partial charge in [0.05, 0.1) is 23.4 Å². The molecule has 2 aromatic heterocycles. The zero-order chi connectivity index (χ0) is 22.2. The van der Waals surface area contributed by atoms with Gasteiger partial charge in [0, 0.05) is 18.0 Å². The molecule has 0 radical (unpaired) electrons. The fourth-order valence-corrected chi connectivity index (χ4v) is 6.94. The molecule has 1 fully saturated rings. The van der Waals surface area contributed by atoms with E-state index in [1.165, 1.54) is 22.2 Å². The van der Waals surface area contributed by atoms with E-state index in [1.807, 2.05) is 36.1 Å². The minimum absolute atomic E-state index is 0.0390. The zero-order valence-corrected chi connectivity index (χ0v) is 20.1. The third-order valence-corrected chi connectivity index (χ3v) is 8.56. The maximum Gasteiger partial charge on any atom is 0.267 e. The number of aryl methyl sites for hydroxylation is 2. The van der Waals surface area contributed by atoms with Crippen molar-refractivity contribution in [2.45, 2.75) is 55.9 Å². The Morgan fingerprint density at radius 3 is 2.56 bits per heavy atom. The Bertz CT molecular complexity index is 1210. The number of carbonyl (C=O) groups is 1. The Balaban J connectivity index is 1.62. The molecule has 3 aromatic rings. The first-order valence-electron chi connectivity index (χ1n) is 11.2. The smallest absolute Gasteiger partial charge is 0.267 e. The molecule has 1 aromatic carbocycles. The molecule has 0 bridgehead atoms. The van der Waals surface area contributed by atoms with Crippen LogP contribution in [0.3, 0.4) is 0 Å². The average molecular weight is 470 g/mol. The van der Waals surface area contributed by atoms with Gasteiger partial charge >= 0.3 is 0 Å². The van der Waals surface area contributed by atoms with Gasteiger partial charge in [-0.05, 0) is 75.3 Å². The summed E-state index contributed by atoms with van der Waals surface area (Å²) in [5.41, 5.74) is 1.88. The summed E-state index contributed by atoms with van der Waals surface area (Å²) in [6, 6.07) is 7.46. The third kappa shape index (κ3) is 3.83. The minimum Gasteiger partial charge on any atom is -0.497 e. The highest BCUT2D eigenvalue weighted by Crippen LogP contribution is 2.36. The van der Waals surface area contributed by atoms with Crippen LogP contribution in [-0.4, -0.2) is 45.8 Å². The zero-order valence-electron chi connectivity index (χ0n) is 18.4. The van der Waals surface area contributed by atoms with E-state index in [1.54, 1.807) is 23.0 Å². The molecule has 168 valence electrons. The molecule has 1 saturated heterocycles. The second kappa shape index (κ2) is 8.90. The largest absolute Gasteiger partial charge is 0.497 e. The molecule has 5 rings (SSSR count). The fraction of sp³-hybridized carbons (Fsp3) is 0.458. The van der Waals surface area contributed by atoms with Gasteiger partial charge in [0.1, 0.15) is 10.6 Å². The van der Waals surface area contributed by atoms with E-state index in [0.29, 0.717) is 5.16 Å². The number of fused-ring (bicyclic) bond motifs is 3. The van der Waals surface area contributed by atoms with Gasteiger partial charge in [-0.3, -0.25) is 14.2 Å². The Morgan fingerprint density at radius 1 is 1.12 bits per heavy atom. The van der Waals surface area contributed by atoms with E-state index < -0.39 is 0 Å². The first-order chi connectivity index (χ1) is 15.6. The van der Waals surface area contributed by atoms with Crippen LogP contribution >= 0.6 is 23.1 Å². The van der Waals surface area contributed by atoms with Crippen molar-refractivity contribution < 1.29 is 9.53 Å². The summed E-state index contributed by atoms with van der Waals surface area (Å²) in [4.78, 5) is 35.8. The number of nitrogens with zero attached hydrogens (tertiary/aromatic N) is 3. The summed E-state index contributed by atoms with van der Waals surface area (Å²) in [6.07, 6.45) is 6.35. The van der Waals surface area contributed by atoms with Crippen LogP contribution in [0.5, 0.6) is 5.75 Å². The lowest BCUT2D eigenvalue weighted by Gasteiger charge is -2.21. The van der Waals surface area contributed by atoms with Gasteiger partial charge in [0.15, 0.2) is 5.16 Å². The summed E-state index contributed by atoms with van der Waals surface area (Å²) >= 11 is 3.03. The lowest BCUT2D eigenvalue weighted by molar-refractivity contribution is -0.129. The molecule has 1 unspecified atom stereocenters. The molecule has 1 aliphatic heterocycles. The van der Waals surface area contributed by atoms with Crippen molar-refractivity contribution in [2.75, 3.05) is 20.2 Å². The van der Waals surface area contributed by atoms with E-state index in [9.17, 15) is 9.59 Å². The average Bonchev–Trinajstić information content (AvgIpc) is 3.47. The quantitative estimate of drug-likeness (QED) is 0.408. The van der Waals surface area contributed by atoms with Crippen molar-refractivity contribution in [1.82, 2.24) is 14.5 Å². The maximum absolute atomic E-state index is 13.8. The Kier molecular flexibility index (Phi) is 5.99. The predicted octanol–water partition coefficient (Wildman–Crippen LogP) is 4.44. The number of carbonyl (C=O) groups excluding carboxylic acids is 1. The highest BCUT2D eigenvalue weighted by molar-refractivity contribution is 8.00. The van der Waals surface area contributed by atoms with Crippen LogP contribution in [-0.2, 0) is 17.6 Å². The highest BCUT2D eigenvalue weighted by Gasteiger charge is 2.28. The summed E-state index contributed by atoms with van der Waals surface area (Å²) in [5.74, 6) is 0.851. The number of thioether (sulfide) groups is 1. The highest BCUT2D eigenvalue weighted by atomic mass is 32.2. The van der Waals surface area contributed by atoms with Crippen LogP contribution < -0.4 is 10.3 Å². The minimum atomic E-state index is -0.309. The van der Waals surface area contributed by atoms with Crippen LogP contribution in [0.2, 0.25) is 0 Å². The van der Waals surface area contributed by atoms with Crippen molar-refractivity contribution in [1.29, 1.82) is 0 Å². The van der Waals surface area contributed by atoms with E-state index >= 15 is 0 Å². The molecular formula is C24H27N3O3S2. The van der Waals surface area contributed by atoms with E-state index in [2.05, 4.69) is 0 Å². The molecule has 0 spiro atoms. The number of hydrogen-bond donors (Lipinski definition) is 0. The maximum atomic E-state index is 13.8. The van der Waals surface area contributed by atoms with Gasteiger partial charge in [-0.2, -0.15) is 0 Å². The SMILES string of the molecule is COc1ccc(-n2c(SC(C)C(=O)N3CCCC3)nc3sc4c(c3c2=O)CCCC4)cc1. The van der Waals surface area contributed by atoms with Gasteiger partial charge in [-0.15, -0.1) is 11.3 Å². The van der Waals surface area contributed by atoms with Crippen molar-refractivity contribution in [3.05, 3.63) is 45.1 Å². The predicted molar refractivity (Wildman–Crippen MR) is 130 cm³/mol. The van der Waals surface area contributed by atoms with Gasteiger partial charge in [-0.25, -0.2) is 4.98 Å². The Labute approximate surface area is 195 Å². The van der Waals surface area contributed by atoms with E-state index in [-0.39, 0.29) is 16.7 Å². The summed E-state index contributed by atoms with van der Waals surface area (Å²) in [7, 11) is 1.62. The van der Waals surface area contributed by atoms with E-state index in [4.69, 9.17) is 9.72 Å². The first kappa shape index (κ1) is 21.5. The molecule has 1 amide bonds. The van der Waals surface area contributed by atoms with Gasteiger partial charge in [0.2, 0.25) is 5.91 Å². The van der Waals surface area contributed by atoms with Crippen LogP contribution in [0.1, 0.15) is 43.0 Å². The number of rotatable bonds is 5. The van der Waals surface area contributed by atoms with Gasteiger partial charge in [0.25, 0.3) is 5.56 Å². The van der Waals surface area contributed by atoms with E-state index in [0.717, 1.165) is 73.3 Å². The van der Waals surface area contributed by atoms with Crippen molar-refractivity contribution in [3.63, 3.8) is 0 Å². The molecular weight excluding hydrogens is 442 g/mol. The molecule has 6 nitrogen and oxygen atoms in total. The second-order valence-corrected chi connectivity index (χ2v) is 10.8. The normalized spacial score (nSPS) is 16.9. The lowest BCUT2D eigenvalue weighted by Crippen LogP contribution is -2.34. The molecule has 1 aliphatic carbocycles. The van der Waals surface area contributed by atoms with Crippen LogP contribution in [0.4, 0.5) is 0 Å². The Hall–Kier alpha value is -2.32. The number of thiophene rings is 1. The van der Waals surface area contributed by atoms with Crippen LogP contribution in [0, 0.1) is 0 Å². The topological polar surface area (TPSA) is 64.4 Å².